The maximum absolute atomic E-state index is 5.22. The summed E-state index contributed by atoms with van der Waals surface area (Å²) in [5, 5.41) is 3.00. The maximum atomic E-state index is 5.22. The lowest BCUT2D eigenvalue weighted by atomic mass is 10.2. The van der Waals surface area contributed by atoms with Gasteiger partial charge in [-0.25, -0.2) is 9.97 Å². The van der Waals surface area contributed by atoms with Crippen LogP contribution in [0.2, 0.25) is 0 Å². The van der Waals surface area contributed by atoms with E-state index in [0.717, 1.165) is 28.5 Å². The van der Waals surface area contributed by atoms with Crippen LogP contribution >= 0.6 is 0 Å². The first-order chi connectivity index (χ1) is 9.30. The second-order valence-electron chi connectivity index (χ2n) is 4.14. The van der Waals surface area contributed by atoms with Crippen molar-refractivity contribution in [2.45, 2.75) is 0 Å². The van der Waals surface area contributed by atoms with E-state index in [-0.39, 0.29) is 0 Å². The van der Waals surface area contributed by atoms with E-state index in [2.05, 4.69) is 20.3 Å². The molecule has 0 atom stereocenters. The smallest absolute Gasteiger partial charge is 0.180 e. The molecule has 19 heavy (non-hydrogen) atoms. The van der Waals surface area contributed by atoms with Crippen LogP contribution in [0.25, 0.3) is 22.6 Å². The number of hydrogen-bond donors (Lipinski definition) is 2. The molecular weight excluding hydrogens is 240 g/mol. The quantitative estimate of drug-likeness (QED) is 0.754. The Hall–Kier alpha value is -2.56. The standard InChI is InChI=1S/C14H14N4O/c1-15-12-7-6-11-14(17-12)18-13(16-11)9-4-3-5-10(8-9)19-2/h3-8H,1-2H3,(H2,15,16,17,18). The van der Waals surface area contributed by atoms with E-state index in [9.17, 15) is 0 Å². The number of benzene rings is 1. The van der Waals surface area contributed by atoms with Gasteiger partial charge in [0.25, 0.3) is 0 Å². The molecule has 3 aromatic rings. The molecule has 0 aliphatic carbocycles. The highest BCUT2D eigenvalue weighted by atomic mass is 16.5. The highest BCUT2D eigenvalue weighted by Gasteiger charge is 2.07. The number of ether oxygens (including phenoxy) is 1. The number of pyridine rings is 1. The molecule has 2 aromatic heterocycles. The third kappa shape index (κ3) is 2.10. The van der Waals surface area contributed by atoms with Crippen molar-refractivity contribution < 1.29 is 4.74 Å². The van der Waals surface area contributed by atoms with E-state index in [1.54, 1.807) is 7.11 Å². The number of aromatic nitrogens is 3. The van der Waals surface area contributed by atoms with Gasteiger partial charge in [0.05, 0.1) is 12.6 Å². The molecule has 0 aliphatic heterocycles. The van der Waals surface area contributed by atoms with E-state index in [0.29, 0.717) is 5.65 Å². The van der Waals surface area contributed by atoms with Gasteiger partial charge in [-0.1, -0.05) is 12.1 Å². The summed E-state index contributed by atoms with van der Waals surface area (Å²) >= 11 is 0. The van der Waals surface area contributed by atoms with Crippen LogP contribution in [0.15, 0.2) is 36.4 Å². The predicted octanol–water partition coefficient (Wildman–Crippen LogP) is 2.68. The van der Waals surface area contributed by atoms with Crippen molar-refractivity contribution in [2.75, 3.05) is 19.5 Å². The van der Waals surface area contributed by atoms with Crippen molar-refractivity contribution >= 4 is 17.0 Å². The van der Waals surface area contributed by atoms with E-state index in [1.807, 2.05) is 43.4 Å². The number of aromatic amines is 1. The highest BCUT2D eigenvalue weighted by Crippen LogP contribution is 2.23. The minimum atomic E-state index is 0.699. The molecule has 0 fully saturated rings. The zero-order chi connectivity index (χ0) is 13.2. The first kappa shape index (κ1) is 11.5. The van der Waals surface area contributed by atoms with E-state index in [1.165, 1.54) is 0 Å². The molecule has 2 N–H and O–H groups in total. The number of nitrogens with zero attached hydrogens (tertiary/aromatic N) is 2. The van der Waals surface area contributed by atoms with Gasteiger partial charge in [0.15, 0.2) is 5.65 Å². The zero-order valence-electron chi connectivity index (χ0n) is 10.8. The number of fused-ring (bicyclic) bond motifs is 1. The fourth-order valence-corrected chi connectivity index (χ4v) is 1.94. The number of anilines is 1. The SMILES string of the molecule is CNc1ccc2[nH]c(-c3cccc(OC)c3)nc2n1. The molecule has 96 valence electrons. The third-order valence-electron chi connectivity index (χ3n) is 2.95. The lowest BCUT2D eigenvalue weighted by Crippen LogP contribution is -1.91. The van der Waals surface area contributed by atoms with Crippen LogP contribution in [0.1, 0.15) is 0 Å². The molecule has 0 bridgehead atoms. The fourth-order valence-electron chi connectivity index (χ4n) is 1.94. The summed E-state index contributed by atoms with van der Waals surface area (Å²) in [5.74, 6) is 2.40. The average molecular weight is 254 g/mol. The minimum Gasteiger partial charge on any atom is -0.497 e. The monoisotopic (exact) mass is 254 g/mol. The topological polar surface area (TPSA) is 62.8 Å². The molecule has 0 saturated heterocycles. The molecule has 5 nitrogen and oxygen atoms in total. The van der Waals surface area contributed by atoms with Gasteiger partial charge in [0.1, 0.15) is 17.4 Å². The van der Waals surface area contributed by atoms with E-state index < -0.39 is 0 Å². The van der Waals surface area contributed by atoms with Crippen molar-refractivity contribution in [1.29, 1.82) is 0 Å². The minimum absolute atomic E-state index is 0.699. The lowest BCUT2D eigenvalue weighted by molar-refractivity contribution is 0.415. The largest absolute Gasteiger partial charge is 0.497 e. The number of imidazole rings is 1. The molecule has 2 heterocycles. The van der Waals surface area contributed by atoms with Crippen molar-refractivity contribution in [3.8, 4) is 17.1 Å². The summed E-state index contributed by atoms with van der Waals surface area (Å²) < 4.78 is 5.22. The van der Waals surface area contributed by atoms with Gasteiger partial charge in [-0.3, -0.25) is 0 Å². The summed E-state index contributed by atoms with van der Waals surface area (Å²) in [6, 6.07) is 11.6. The Morgan fingerprint density at radius 1 is 1.16 bits per heavy atom. The summed E-state index contributed by atoms with van der Waals surface area (Å²) in [5.41, 5.74) is 2.59. The summed E-state index contributed by atoms with van der Waals surface area (Å²) in [4.78, 5) is 12.2. The van der Waals surface area contributed by atoms with E-state index >= 15 is 0 Å². The Kier molecular flexibility index (Phi) is 2.79. The molecule has 0 unspecified atom stereocenters. The van der Waals surface area contributed by atoms with Crippen LogP contribution in [0, 0.1) is 0 Å². The van der Waals surface area contributed by atoms with Crippen LogP contribution in [-0.4, -0.2) is 29.1 Å². The second kappa shape index (κ2) is 4.61. The van der Waals surface area contributed by atoms with Gasteiger partial charge in [-0.2, -0.15) is 0 Å². The number of methoxy groups -OCH3 is 1. The normalized spacial score (nSPS) is 10.6. The maximum Gasteiger partial charge on any atom is 0.180 e. The molecule has 5 heteroatoms. The molecule has 0 aliphatic rings. The van der Waals surface area contributed by atoms with Gasteiger partial charge in [-0.05, 0) is 24.3 Å². The van der Waals surface area contributed by atoms with Gasteiger partial charge in [0.2, 0.25) is 0 Å². The molecule has 0 amide bonds. The van der Waals surface area contributed by atoms with E-state index in [4.69, 9.17) is 4.74 Å². The van der Waals surface area contributed by atoms with Crippen LogP contribution in [0.3, 0.4) is 0 Å². The van der Waals surface area contributed by atoms with Gasteiger partial charge >= 0.3 is 0 Å². The average Bonchev–Trinajstić information content (AvgIpc) is 2.90. The summed E-state index contributed by atoms with van der Waals surface area (Å²) in [6.45, 7) is 0. The Morgan fingerprint density at radius 3 is 2.84 bits per heavy atom. The van der Waals surface area contributed by atoms with Crippen molar-refractivity contribution in [1.82, 2.24) is 15.0 Å². The summed E-state index contributed by atoms with van der Waals surface area (Å²) in [6.07, 6.45) is 0. The second-order valence-corrected chi connectivity index (χ2v) is 4.14. The van der Waals surface area contributed by atoms with Crippen LogP contribution < -0.4 is 10.1 Å². The van der Waals surface area contributed by atoms with Gasteiger partial charge in [-0.15, -0.1) is 0 Å². The Morgan fingerprint density at radius 2 is 2.05 bits per heavy atom. The third-order valence-corrected chi connectivity index (χ3v) is 2.95. The molecule has 0 saturated carbocycles. The molecule has 0 radical (unpaired) electrons. The zero-order valence-corrected chi connectivity index (χ0v) is 10.8. The predicted molar refractivity (Wildman–Crippen MR) is 75.4 cm³/mol. The molecule has 1 aromatic carbocycles. The Bertz CT molecular complexity index is 720. The number of nitrogens with one attached hydrogen (secondary N) is 2. The van der Waals surface area contributed by atoms with Crippen molar-refractivity contribution in [2.24, 2.45) is 0 Å². The van der Waals surface area contributed by atoms with Gasteiger partial charge < -0.3 is 15.0 Å². The fraction of sp³-hybridized carbons (Fsp3) is 0.143. The van der Waals surface area contributed by atoms with Crippen LogP contribution in [0.5, 0.6) is 5.75 Å². The van der Waals surface area contributed by atoms with Crippen molar-refractivity contribution in [3.05, 3.63) is 36.4 Å². The van der Waals surface area contributed by atoms with Crippen LogP contribution in [0.4, 0.5) is 5.82 Å². The van der Waals surface area contributed by atoms with Crippen LogP contribution in [-0.2, 0) is 0 Å². The Balaban J connectivity index is 2.09. The number of H-pyrrole nitrogens is 1. The number of rotatable bonds is 3. The number of hydrogen-bond acceptors (Lipinski definition) is 4. The molecule has 3 rings (SSSR count). The first-order valence-electron chi connectivity index (χ1n) is 5.99. The molecule has 0 spiro atoms. The lowest BCUT2D eigenvalue weighted by Gasteiger charge is -2.01. The van der Waals surface area contributed by atoms with Crippen molar-refractivity contribution in [3.63, 3.8) is 0 Å². The van der Waals surface area contributed by atoms with Gasteiger partial charge in [0, 0.05) is 12.6 Å². The first-order valence-corrected chi connectivity index (χ1v) is 5.99. The molecular formula is C14H14N4O. The highest BCUT2D eigenvalue weighted by molar-refractivity contribution is 5.77. The summed E-state index contributed by atoms with van der Waals surface area (Å²) in [7, 11) is 3.49. The Labute approximate surface area is 110 Å².